The Balaban J connectivity index is 2.24. The second-order valence-electron chi connectivity index (χ2n) is 4.43. The summed E-state index contributed by atoms with van der Waals surface area (Å²) in [6, 6.07) is 11.7. The van der Waals surface area contributed by atoms with E-state index in [-0.39, 0.29) is 0 Å². The van der Waals surface area contributed by atoms with E-state index in [2.05, 4.69) is 15.9 Å². The summed E-state index contributed by atoms with van der Waals surface area (Å²) in [5, 5.41) is 0.681. The van der Waals surface area contributed by atoms with Crippen molar-refractivity contribution in [1.82, 2.24) is 0 Å². The van der Waals surface area contributed by atoms with E-state index in [1.807, 2.05) is 36.4 Å². The van der Waals surface area contributed by atoms with Gasteiger partial charge in [0.2, 0.25) is 0 Å². The van der Waals surface area contributed by atoms with Crippen molar-refractivity contribution in [3.8, 4) is 5.75 Å². The number of halogens is 2. The molecule has 0 bridgehead atoms. The van der Waals surface area contributed by atoms with Gasteiger partial charge in [-0.25, -0.2) is 0 Å². The van der Waals surface area contributed by atoms with Crippen LogP contribution in [0.2, 0.25) is 5.02 Å². The monoisotopic (exact) mass is 352 g/mol. The molecule has 4 heteroatoms. The molecule has 2 rings (SSSR count). The van der Waals surface area contributed by atoms with Crippen LogP contribution < -0.4 is 4.74 Å². The molecule has 0 N–H and O–H groups in total. The Morgan fingerprint density at radius 2 is 1.90 bits per heavy atom. The van der Waals surface area contributed by atoms with E-state index >= 15 is 0 Å². The van der Waals surface area contributed by atoms with E-state index in [4.69, 9.17) is 16.3 Å². The molecule has 2 aromatic carbocycles. The lowest BCUT2D eigenvalue weighted by Gasteiger charge is -2.09. The van der Waals surface area contributed by atoms with Crippen LogP contribution in [0.5, 0.6) is 5.75 Å². The molecule has 0 heterocycles. The quantitative estimate of drug-likeness (QED) is 0.743. The topological polar surface area (TPSA) is 26.3 Å². The van der Waals surface area contributed by atoms with Crippen LogP contribution in [0, 0.1) is 0 Å². The largest absolute Gasteiger partial charge is 0.497 e. The molecule has 0 saturated carbocycles. The average molecular weight is 354 g/mol. The number of aldehydes is 1. The maximum absolute atomic E-state index is 10.6. The first-order valence-electron chi connectivity index (χ1n) is 6.17. The van der Waals surface area contributed by atoms with Gasteiger partial charge in [-0.05, 0) is 47.4 Å². The molecular weight excluding hydrogens is 340 g/mol. The van der Waals surface area contributed by atoms with Gasteiger partial charge in [-0.2, -0.15) is 0 Å². The van der Waals surface area contributed by atoms with E-state index < -0.39 is 0 Å². The van der Waals surface area contributed by atoms with Gasteiger partial charge in [0.15, 0.2) is 0 Å². The molecule has 0 amide bonds. The van der Waals surface area contributed by atoms with E-state index in [1.54, 1.807) is 7.11 Å². The highest BCUT2D eigenvalue weighted by atomic mass is 79.9. The third kappa shape index (κ3) is 3.62. The Morgan fingerprint density at radius 1 is 1.20 bits per heavy atom. The fourth-order valence-electron chi connectivity index (χ4n) is 1.97. The summed E-state index contributed by atoms with van der Waals surface area (Å²) in [6.07, 6.45) is 1.98. The third-order valence-corrected chi connectivity index (χ3v) is 4.16. The number of carbonyl (C=O) groups excluding carboxylic acids is 1. The molecule has 0 atom stereocenters. The molecule has 0 radical (unpaired) electrons. The summed E-state index contributed by atoms with van der Waals surface area (Å²) in [7, 11) is 1.65. The van der Waals surface area contributed by atoms with Crippen molar-refractivity contribution in [3.05, 3.63) is 62.6 Å². The van der Waals surface area contributed by atoms with E-state index in [9.17, 15) is 4.79 Å². The van der Waals surface area contributed by atoms with Crippen molar-refractivity contribution < 1.29 is 9.53 Å². The maximum Gasteiger partial charge on any atom is 0.124 e. The van der Waals surface area contributed by atoms with Gasteiger partial charge >= 0.3 is 0 Å². The molecule has 0 spiro atoms. The summed E-state index contributed by atoms with van der Waals surface area (Å²) in [5.41, 5.74) is 3.09. The number of hydrogen-bond donors (Lipinski definition) is 0. The normalized spacial score (nSPS) is 10.3. The van der Waals surface area contributed by atoms with Gasteiger partial charge in [0.05, 0.1) is 7.11 Å². The summed E-state index contributed by atoms with van der Waals surface area (Å²) in [6.45, 7) is 0. The first-order valence-corrected chi connectivity index (χ1v) is 7.34. The van der Waals surface area contributed by atoms with Gasteiger partial charge in [0.25, 0.3) is 0 Å². The molecule has 104 valence electrons. The van der Waals surface area contributed by atoms with Crippen LogP contribution in [-0.4, -0.2) is 13.4 Å². The number of ether oxygens (including phenoxy) is 1. The van der Waals surface area contributed by atoms with Crippen molar-refractivity contribution in [2.75, 3.05) is 7.11 Å². The lowest BCUT2D eigenvalue weighted by Crippen LogP contribution is -1.94. The molecule has 0 unspecified atom stereocenters. The van der Waals surface area contributed by atoms with Gasteiger partial charge in [-0.1, -0.05) is 39.7 Å². The molecule has 0 saturated heterocycles. The van der Waals surface area contributed by atoms with E-state index in [1.165, 1.54) is 0 Å². The zero-order chi connectivity index (χ0) is 14.5. The highest BCUT2D eigenvalue weighted by Crippen LogP contribution is 2.28. The van der Waals surface area contributed by atoms with Gasteiger partial charge in [0, 0.05) is 15.9 Å². The minimum atomic E-state index is 0.364. The molecule has 2 nitrogen and oxygen atoms in total. The van der Waals surface area contributed by atoms with Gasteiger partial charge in [0.1, 0.15) is 12.0 Å². The van der Waals surface area contributed by atoms with Crippen LogP contribution in [0.1, 0.15) is 16.7 Å². The zero-order valence-corrected chi connectivity index (χ0v) is 13.4. The smallest absolute Gasteiger partial charge is 0.124 e. The molecule has 0 aliphatic heterocycles. The van der Waals surface area contributed by atoms with Crippen molar-refractivity contribution in [2.45, 2.75) is 12.8 Å². The van der Waals surface area contributed by atoms with Crippen LogP contribution in [0.4, 0.5) is 0 Å². The van der Waals surface area contributed by atoms with Gasteiger partial charge in [-0.15, -0.1) is 0 Å². The molecule has 0 fully saturated rings. The minimum Gasteiger partial charge on any atom is -0.497 e. The maximum atomic E-state index is 10.6. The predicted octanol–water partition coefficient (Wildman–Crippen LogP) is 4.44. The summed E-state index contributed by atoms with van der Waals surface area (Å²) in [4.78, 5) is 10.6. The minimum absolute atomic E-state index is 0.364. The third-order valence-electron chi connectivity index (χ3n) is 3.07. The first-order chi connectivity index (χ1) is 9.63. The van der Waals surface area contributed by atoms with E-state index in [0.717, 1.165) is 39.6 Å². The van der Waals surface area contributed by atoms with Crippen molar-refractivity contribution in [2.24, 2.45) is 0 Å². The second kappa shape index (κ2) is 6.91. The SMILES string of the molecule is COc1ccc(Cc2cc(Br)c(CC=O)cc2Cl)cc1. The van der Waals surface area contributed by atoms with Crippen LogP contribution in [0.15, 0.2) is 40.9 Å². The summed E-state index contributed by atoms with van der Waals surface area (Å²) >= 11 is 9.77. The predicted molar refractivity (Wildman–Crippen MR) is 84.7 cm³/mol. The van der Waals surface area contributed by atoms with Gasteiger partial charge in [-0.3, -0.25) is 0 Å². The van der Waals surface area contributed by atoms with Gasteiger partial charge < -0.3 is 9.53 Å². The standard InChI is InChI=1S/C16H14BrClO2/c1-20-14-4-2-11(3-5-14)8-13-9-15(17)12(6-7-19)10-16(13)18/h2-5,7,9-10H,6,8H2,1H3. The Morgan fingerprint density at radius 3 is 2.50 bits per heavy atom. The Labute approximate surface area is 131 Å². The lowest BCUT2D eigenvalue weighted by atomic mass is 10.0. The lowest BCUT2D eigenvalue weighted by molar-refractivity contribution is -0.107. The first kappa shape index (κ1) is 15.1. The zero-order valence-electron chi connectivity index (χ0n) is 11.0. The molecular formula is C16H14BrClO2. The molecule has 0 aliphatic carbocycles. The van der Waals surface area contributed by atoms with Crippen molar-refractivity contribution in [3.63, 3.8) is 0 Å². The van der Waals surface area contributed by atoms with Crippen LogP contribution in [0.3, 0.4) is 0 Å². The fourth-order valence-corrected chi connectivity index (χ4v) is 2.78. The molecule has 0 aromatic heterocycles. The number of methoxy groups -OCH3 is 1. The molecule has 0 aliphatic rings. The fraction of sp³-hybridized carbons (Fsp3) is 0.188. The van der Waals surface area contributed by atoms with Crippen LogP contribution in [0.25, 0.3) is 0 Å². The van der Waals surface area contributed by atoms with Crippen molar-refractivity contribution >= 4 is 33.8 Å². The number of carbonyl (C=O) groups is 1. The summed E-state index contributed by atoms with van der Waals surface area (Å²) in [5.74, 6) is 0.836. The summed E-state index contributed by atoms with van der Waals surface area (Å²) < 4.78 is 6.05. The van der Waals surface area contributed by atoms with E-state index in [0.29, 0.717) is 11.4 Å². The average Bonchev–Trinajstić information content (AvgIpc) is 2.45. The van der Waals surface area contributed by atoms with Crippen LogP contribution >= 0.6 is 27.5 Å². The number of rotatable bonds is 5. The Hall–Kier alpha value is -1.32. The second-order valence-corrected chi connectivity index (χ2v) is 5.69. The highest BCUT2D eigenvalue weighted by molar-refractivity contribution is 9.10. The number of benzene rings is 2. The highest BCUT2D eigenvalue weighted by Gasteiger charge is 2.08. The van der Waals surface area contributed by atoms with Crippen molar-refractivity contribution in [1.29, 1.82) is 0 Å². The molecule has 2 aromatic rings. The molecule has 20 heavy (non-hydrogen) atoms. The Bertz CT molecular complexity index is 609. The van der Waals surface area contributed by atoms with Crippen LogP contribution in [-0.2, 0) is 17.6 Å². The Kier molecular flexibility index (Phi) is 5.21. The number of hydrogen-bond acceptors (Lipinski definition) is 2.